The maximum Gasteiger partial charge on any atom is 0.342 e. The van der Waals surface area contributed by atoms with Gasteiger partial charge in [-0.15, -0.1) is 11.3 Å². The number of aryl methyl sites for hydroxylation is 2. The van der Waals surface area contributed by atoms with Crippen molar-refractivity contribution < 1.29 is 19.4 Å². The number of hydrogen-bond donors (Lipinski definition) is 2. The number of hydrogen-bond acceptors (Lipinski definition) is 6. The van der Waals surface area contributed by atoms with Crippen LogP contribution in [-0.4, -0.2) is 28.6 Å². The number of rotatable bonds is 5. The predicted molar refractivity (Wildman–Crippen MR) is 122 cm³/mol. The van der Waals surface area contributed by atoms with E-state index in [1.165, 1.54) is 11.6 Å². The molecule has 0 fully saturated rings. The van der Waals surface area contributed by atoms with Crippen LogP contribution in [0.5, 0.6) is 5.75 Å². The fraction of sp³-hybridized carbons (Fsp3) is 0.125. The molecule has 0 spiro atoms. The van der Waals surface area contributed by atoms with Gasteiger partial charge in [-0.1, -0.05) is 18.2 Å². The van der Waals surface area contributed by atoms with Gasteiger partial charge >= 0.3 is 5.97 Å². The summed E-state index contributed by atoms with van der Waals surface area (Å²) in [5.41, 5.74) is 4.28. The van der Waals surface area contributed by atoms with Crippen molar-refractivity contribution in [2.45, 2.75) is 13.8 Å². The monoisotopic (exact) mass is 432 g/mol. The van der Waals surface area contributed by atoms with Crippen molar-refractivity contribution in [2.75, 3.05) is 11.9 Å². The zero-order valence-electron chi connectivity index (χ0n) is 17.0. The molecule has 1 amide bonds. The molecule has 0 radical (unpaired) electrons. The third-order valence-corrected chi connectivity index (χ3v) is 5.82. The standard InChI is InChI=1S/C24H20N2O4S/c1-14-6-11-19-20(12-14)31-23(26-19)16-7-9-17(10-8-16)25-21(27)13-30-24(29)18-5-3-4-15(2)22(18)28/h3-12,28H,13H2,1-2H3,(H,25,27). The normalized spacial score (nSPS) is 10.8. The Balaban J connectivity index is 1.37. The number of carbonyl (C=O) groups excluding carboxylic acids is 2. The molecule has 2 N–H and O–H groups in total. The Morgan fingerprint density at radius 2 is 1.84 bits per heavy atom. The van der Waals surface area contributed by atoms with Gasteiger partial charge in [-0.2, -0.15) is 0 Å². The van der Waals surface area contributed by atoms with Crippen molar-refractivity contribution in [3.8, 4) is 16.3 Å². The predicted octanol–water partition coefficient (Wildman–Crippen LogP) is 5.08. The van der Waals surface area contributed by atoms with Crippen LogP contribution in [0.4, 0.5) is 5.69 Å². The van der Waals surface area contributed by atoms with E-state index in [0.29, 0.717) is 11.3 Å². The van der Waals surface area contributed by atoms with Crippen LogP contribution in [-0.2, 0) is 9.53 Å². The summed E-state index contributed by atoms with van der Waals surface area (Å²) in [6.45, 7) is 3.28. The minimum Gasteiger partial charge on any atom is -0.507 e. The van der Waals surface area contributed by atoms with E-state index in [1.54, 1.807) is 42.5 Å². The smallest absolute Gasteiger partial charge is 0.342 e. The fourth-order valence-electron chi connectivity index (χ4n) is 3.08. The molecular formula is C24H20N2O4S. The van der Waals surface area contributed by atoms with Crippen LogP contribution >= 0.6 is 11.3 Å². The lowest BCUT2D eigenvalue weighted by molar-refractivity contribution is -0.119. The zero-order valence-corrected chi connectivity index (χ0v) is 17.8. The summed E-state index contributed by atoms with van der Waals surface area (Å²) in [5, 5.41) is 13.5. The highest BCUT2D eigenvalue weighted by atomic mass is 32.1. The average molecular weight is 433 g/mol. The molecule has 6 nitrogen and oxygen atoms in total. The molecule has 3 aromatic carbocycles. The van der Waals surface area contributed by atoms with Gasteiger partial charge in [0.2, 0.25) is 0 Å². The number of amides is 1. The highest BCUT2D eigenvalue weighted by Crippen LogP contribution is 2.31. The Bertz CT molecular complexity index is 1280. The third kappa shape index (κ3) is 4.57. The Morgan fingerprint density at radius 3 is 2.61 bits per heavy atom. The number of ether oxygens (including phenoxy) is 1. The van der Waals surface area contributed by atoms with Crippen molar-refractivity contribution in [1.82, 2.24) is 4.98 Å². The lowest BCUT2D eigenvalue weighted by Gasteiger charge is -2.09. The molecule has 0 atom stereocenters. The number of esters is 1. The van der Waals surface area contributed by atoms with Gasteiger partial charge in [-0.25, -0.2) is 9.78 Å². The topological polar surface area (TPSA) is 88.5 Å². The van der Waals surface area contributed by atoms with Gasteiger partial charge in [0, 0.05) is 11.3 Å². The van der Waals surface area contributed by atoms with Gasteiger partial charge in [0.05, 0.1) is 10.2 Å². The van der Waals surface area contributed by atoms with E-state index in [1.807, 2.05) is 24.3 Å². The quantitative estimate of drug-likeness (QED) is 0.429. The van der Waals surface area contributed by atoms with Gasteiger partial charge in [0.1, 0.15) is 16.3 Å². The summed E-state index contributed by atoms with van der Waals surface area (Å²) in [6.07, 6.45) is 0. The number of aromatic hydroxyl groups is 1. The van der Waals surface area contributed by atoms with Crippen molar-refractivity contribution >= 4 is 39.1 Å². The van der Waals surface area contributed by atoms with Crippen molar-refractivity contribution in [3.63, 3.8) is 0 Å². The minimum atomic E-state index is -0.752. The first kappa shape index (κ1) is 20.6. The summed E-state index contributed by atoms with van der Waals surface area (Å²) >= 11 is 1.62. The number of fused-ring (bicyclic) bond motifs is 1. The molecule has 7 heteroatoms. The molecule has 0 saturated heterocycles. The molecule has 0 saturated carbocycles. The number of nitrogens with one attached hydrogen (secondary N) is 1. The van der Waals surface area contributed by atoms with Gasteiger partial charge in [-0.05, 0) is 67.4 Å². The van der Waals surface area contributed by atoms with Crippen LogP contribution in [0.2, 0.25) is 0 Å². The van der Waals surface area contributed by atoms with Crippen LogP contribution in [0, 0.1) is 13.8 Å². The Morgan fingerprint density at radius 1 is 1.06 bits per heavy atom. The molecule has 0 aliphatic rings. The van der Waals surface area contributed by atoms with Gasteiger partial charge < -0.3 is 15.2 Å². The summed E-state index contributed by atoms with van der Waals surface area (Å²) in [6, 6.07) is 18.3. The van der Waals surface area contributed by atoms with Gasteiger partial charge in [-0.3, -0.25) is 4.79 Å². The SMILES string of the molecule is Cc1ccc2nc(-c3ccc(NC(=O)COC(=O)c4cccc(C)c4O)cc3)sc2c1. The molecule has 156 valence electrons. The van der Waals surface area contributed by atoms with Crippen LogP contribution in [0.3, 0.4) is 0 Å². The minimum absolute atomic E-state index is 0.0307. The summed E-state index contributed by atoms with van der Waals surface area (Å²) < 4.78 is 6.15. The number of carbonyl (C=O) groups is 2. The van der Waals surface area contributed by atoms with E-state index in [9.17, 15) is 14.7 Å². The van der Waals surface area contributed by atoms with E-state index in [-0.39, 0.29) is 11.3 Å². The van der Waals surface area contributed by atoms with Gasteiger partial charge in [0.25, 0.3) is 5.91 Å². The van der Waals surface area contributed by atoms with Gasteiger partial charge in [0.15, 0.2) is 6.61 Å². The number of aromatic nitrogens is 1. The van der Waals surface area contributed by atoms with E-state index < -0.39 is 18.5 Å². The maximum absolute atomic E-state index is 12.1. The number of anilines is 1. The number of phenols is 1. The second-order valence-corrected chi connectivity index (χ2v) is 8.19. The highest BCUT2D eigenvalue weighted by molar-refractivity contribution is 7.21. The van der Waals surface area contributed by atoms with Crippen LogP contribution in [0.25, 0.3) is 20.8 Å². The molecule has 0 bridgehead atoms. The first-order valence-electron chi connectivity index (χ1n) is 9.64. The number of benzene rings is 3. The summed E-state index contributed by atoms with van der Waals surface area (Å²) in [4.78, 5) is 28.9. The number of para-hydroxylation sites is 1. The van der Waals surface area contributed by atoms with Crippen molar-refractivity contribution in [2.24, 2.45) is 0 Å². The zero-order chi connectivity index (χ0) is 22.0. The van der Waals surface area contributed by atoms with E-state index >= 15 is 0 Å². The maximum atomic E-state index is 12.1. The van der Waals surface area contributed by atoms with Crippen LogP contribution in [0.15, 0.2) is 60.7 Å². The average Bonchev–Trinajstić information content (AvgIpc) is 3.17. The van der Waals surface area contributed by atoms with Crippen LogP contribution < -0.4 is 5.32 Å². The highest BCUT2D eigenvalue weighted by Gasteiger charge is 2.15. The summed E-state index contributed by atoms with van der Waals surface area (Å²) in [7, 11) is 0. The molecule has 4 aromatic rings. The van der Waals surface area contributed by atoms with Crippen molar-refractivity contribution in [1.29, 1.82) is 0 Å². The first-order chi connectivity index (χ1) is 14.9. The Kier molecular flexibility index (Phi) is 5.68. The molecule has 0 aliphatic carbocycles. The molecule has 1 heterocycles. The Hall–Kier alpha value is -3.71. The molecular weight excluding hydrogens is 412 g/mol. The Labute approximate surface area is 183 Å². The second kappa shape index (κ2) is 8.57. The molecule has 1 aromatic heterocycles. The number of thiazole rings is 1. The van der Waals surface area contributed by atoms with Crippen molar-refractivity contribution in [3.05, 3.63) is 77.4 Å². The lowest BCUT2D eigenvalue weighted by atomic mass is 10.1. The second-order valence-electron chi connectivity index (χ2n) is 7.16. The number of nitrogens with zero attached hydrogens (tertiary/aromatic N) is 1. The molecule has 4 rings (SSSR count). The van der Waals surface area contributed by atoms with E-state index in [4.69, 9.17) is 4.74 Å². The molecule has 0 aliphatic heterocycles. The number of phenolic OH excluding ortho intramolecular Hbond substituents is 1. The largest absolute Gasteiger partial charge is 0.507 e. The third-order valence-electron chi connectivity index (χ3n) is 4.75. The summed E-state index contributed by atoms with van der Waals surface area (Å²) in [5.74, 6) is -1.37. The fourth-order valence-corrected chi connectivity index (χ4v) is 4.15. The van der Waals surface area contributed by atoms with Crippen LogP contribution in [0.1, 0.15) is 21.5 Å². The van der Waals surface area contributed by atoms with E-state index in [0.717, 1.165) is 20.8 Å². The lowest BCUT2D eigenvalue weighted by Crippen LogP contribution is -2.21. The molecule has 31 heavy (non-hydrogen) atoms. The molecule has 0 unspecified atom stereocenters. The first-order valence-corrected chi connectivity index (χ1v) is 10.5. The van der Waals surface area contributed by atoms with E-state index in [2.05, 4.69) is 23.3 Å².